The molecule has 2 aliphatic heterocycles. The summed E-state index contributed by atoms with van der Waals surface area (Å²) in [5.74, 6) is -2.23. The van der Waals surface area contributed by atoms with Crippen LogP contribution in [0, 0.1) is 17.2 Å². The number of likely N-dealkylation sites (tertiary alicyclic amines) is 1. The van der Waals surface area contributed by atoms with Crippen molar-refractivity contribution >= 4 is 17.9 Å². The summed E-state index contributed by atoms with van der Waals surface area (Å²) >= 11 is 0. The molecule has 1 aromatic rings. The molecule has 4 rings (SSSR count). The van der Waals surface area contributed by atoms with Gasteiger partial charge in [0, 0.05) is 25.7 Å². The molecule has 0 spiro atoms. The number of methoxy groups -OCH3 is 1. The number of piperidine rings is 1. The average Bonchev–Trinajstić information content (AvgIpc) is 3.28. The van der Waals surface area contributed by atoms with Crippen molar-refractivity contribution in [2.45, 2.75) is 62.2 Å². The lowest BCUT2D eigenvalue weighted by Crippen LogP contribution is -2.49. The van der Waals surface area contributed by atoms with E-state index in [4.69, 9.17) is 4.74 Å². The third-order valence-corrected chi connectivity index (χ3v) is 7.85. The van der Waals surface area contributed by atoms with Crippen LogP contribution in [0.1, 0.15) is 55.7 Å². The van der Waals surface area contributed by atoms with E-state index in [1.165, 1.54) is 7.11 Å². The predicted octanol–water partition coefficient (Wildman–Crippen LogP) is 3.43. The fourth-order valence-corrected chi connectivity index (χ4v) is 5.73. The van der Waals surface area contributed by atoms with Gasteiger partial charge in [-0.3, -0.25) is 9.59 Å². The standard InChI is InChI=1S/C25H29F3N4O4/c1-36-21(33)17-4-8-19(9-5-17)32-20(14-30-23(32)35)16-2-6-18(7-3-16)24(15-29)10-12-31(13-11-24)22(34)25(26,27)28/h2-3,6-7,17,19-20H,4-5,8-14H2,1H3,(H,30,35)/t17-,19-,20?. The van der Waals surface area contributed by atoms with Crippen molar-refractivity contribution in [2.75, 3.05) is 26.7 Å². The van der Waals surface area contributed by atoms with E-state index >= 15 is 0 Å². The Balaban J connectivity index is 1.45. The van der Waals surface area contributed by atoms with Crippen LogP contribution in [0.15, 0.2) is 24.3 Å². The Bertz CT molecular complexity index is 1040. The van der Waals surface area contributed by atoms with E-state index in [0.29, 0.717) is 37.8 Å². The van der Waals surface area contributed by atoms with Crippen molar-refractivity contribution in [3.8, 4) is 6.07 Å². The van der Waals surface area contributed by atoms with Crippen molar-refractivity contribution in [3.05, 3.63) is 35.4 Å². The van der Waals surface area contributed by atoms with Gasteiger partial charge in [-0.05, 0) is 49.7 Å². The zero-order valence-electron chi connectivity index (χ0n) is 20.0. The highest BCUT2D eigenvalue weighted by molar-refractivity contribution is 5.82. The number of carbonyl (C=O) groups excluding carboxylic acids is 3. The van der Waals surface area contributed by atoms with E-state index in [1.54, 1.807) is 12.1 Å². The highest BCUT2D eigenvalue weighted by atomic mass is 19.4. The number of halogens is 3. The summed E-state index contributed by atoms with van der Waals surface area (Å²) in [7, 11) is 1.38. The Morgan fingerprint density at radius 1 is 1.11 bits per heavy atom. The Hall–Kier alpha value is -3.29. The molecule has 11 heteroatoms. The second-order valence-electron chi connectivity index (χ2n) is 9.74. The fourth-order valence-electron chi connectivity index (χ4n) is 5.73. The molecule has 1 saturated carbocycles. The molecule has 1 unspecified atom stereocenters. The van der Waals surface area contributed by atoms with E-state index in [-0.39, 0.29) is 55.9 Å². The molecule has 1 N–H and O–H groups in total. The van der Waals surface area contributed by atoms with Gasteiger partial charge in [0.25, 0.3) is 0 Å². The summed E-state index contributed by atoms with van der Waals surface area (Å²) in [5, 5.41) is 12.8. The molecule has 2 saturated heterocycles. The maximum absolute atomic E-state index is 12.8. The van der Waals surface area contributed by atoms with Gasteiger partial charge in [-0.25, -0.2) is 4.79 Å². The summed E-state index contributed by atoms with van der Waals surface area (Å²) in [6.45, 7) is 0.153. The first-order chi connectivity index (χ1) is 17.1. The number of hydrogen-bond donors (Lipinski definition) is 1. The summed E-state index contributed by atoms with van der Waals surface area (Å²) < 4.78 is 43.2. The van der Waals surface area contributed by atoms with E-state index < -0.39 is 17.5 Å². The fraction of sp³-hybridized carbons (Fsp3) is 0.600. The lowest BCUT2D eigenvalue weighted by molar-refractivity contribution is -0.186. The smallest absolute Gasteiger partial charge is 0.469 e. The van der Waals surface area contributed by atoms with E-state index in [2.05, 4.69) is 11.4 Å². The normalized spacial score (nSPS) is 26.2. The summed E-state index contributed by atoms with van der Waals surface area (Å²) in [5.41, 5.74) is 0.608. The van der Waals surface area contributed by atoms with Gasteiger partial charge in [-0.2, -0.15) is 18.4 Å². The average molecular weight is 507 g/mol. The monoisotopic (exact) mass is 506 g/mol. The zero-order chi connectivity index (χ0) is 26.1. The van der Waals surface area contributed by atoms with Gasteiger partial charge in [0.1, 0.15) is 0 Å². The van der Waals surface area contributed by atoms with E-state index in [0.717, 1.165) is 10.5 Å². The first-order valence-electron chi connectivity index (χ1n) is 12.1. The predicted molar refractivity (Wildman–Crippen MR) is 121 cm³/mol. The number of esters is 1. The van der Waals surface area contributed by atoms with Gasteiger partial charge in [0.15, 0.2) is 0 Å². The van der Waals surface area contributed by atoms with Gasteiger partial charge in [0.05, 0.1) is 30.6 Å². The van der Waals surface area contributed by atoms with Crippen LogP contribution in [0.3, 0.4) is 0 Å². The number of rotatable bonds is 4. The van der Waals surface area contributed by atoms with Gasteiger partial charge in [-0.1, -0.05) is 24.3 Å². The molecule has 0 radical (unpaired) electrons. The Labute approximate surface area is 207 Å². The molecule has 2 heterocycles. The van der Waals surface area contributed by atoms with Crippen LogP contribution in [-0.4, -0.2) is 66.7 Å². The van der Waals surface area contributed by atoms with Crippen LogP contribution in [-0.2, 0) is 19.7 Å². The molecule has 3 aliphatic rings. The van der Waals surface area contributed by atoms with Gasteiger partial charge < -0.3 is 19.9 Å². The lowest BCUT2D eigenvalue weighted by atomic mass is 9.73. The number of alkyl halides is 3. The van der Waals surface area contributed by atoms with Crippen molar-refractivity contribution in [1.82, 2.24) is 15.1 Å². The van der Waals surface area contributed by atoms with Crippen LogP contribution in [0.4, 0.5) is 18.0 Å². The minimum absolute atomic E-state index is 0.000898. The van der Waals surface area contributed by atoms with Crippen molar-refractivity contribution in [2.24, 2.45) is 5.92 Å². The van der Waals surface area contributed by atoms with E-state index in [1.807, 2.05) is 17.0 Å². The van der Waals surface area contributed by atoms with Crippen molar-refractivity contribution in [1.29, 1.82) is 5.26 Å². The minimum atomic E-state index is -4.93. The molecule has 0 bridgehead atoms. The zero-order valence-corrected chi connectivity index (χ0v) is 20.0. The number of nitrogens with zero attached hydrogens (tertiary/aromatic N) is 3. The van der Waals surface area contributed by atoms with Gasteiger partial charge in [0.2, 0.25) is 0 Å². The number of amides is 3. The topological polar surface area (TPSA) is 103 Å². The maximum atomic E-state index is 12.8. The number of urea groups is 1. The van der Waals surface area contributed by atoms with E-state index in [9.17, 15) is 32.8 Å². The molecule has 1 atom stereocenters. The number of ether oxygens (including phenoxy) is 1. The number of carbonyl (C=O) groups is 3. The largest absolute Gasteiger partial charge is 0.471 e. The quantitative estimate of drug-likeness (QED) is 0.631. The highest BCUT2D eigenvalue weighted by Gasteiger charge is 2.46. The second kappa shape index (κ2) is 9.99. The molecular formula is C25H29F3N4O4. The molecule has 36 heavy (non-hydrogen) atoms. The summed E-state index contributed by atoms with van der Waals surface area (Å²) in [4.78, 5) is 38.7. The number of benzene rings is 1. The summed E-state index contributed by atoms with van der Waals surface area (Å²) in [6, 6.07) is 9.24. The van der Waals surface area contributed by atoms with Crippen molar-refractivity contribution in [3.63, 3.8) is 0 Å². The molecule has 8 nitrogen and oxygen atoms in total. The molecule has 1 aromatic carbocycles. The van der Waals surface area contributed by atoms with Gasteiger partial charge in [-0.15, -0.1) is 0 Å². The number of nitriles is 1. The Morgan fingerprint density at radius 2 is 1.72 bits per heavy atom. The first-order valence-corrected chi connectivity index (χ1v) is 12.1. The van der Waals surface area contributed by atoms with Crippen LogP contribution in [0.5, 0.6) is 0 Å². The molecular weight excluding hydrogens is 477 g/mol. The van der Waals surface area contributed by atoms with Gasteiger partial charge >= 0.3 is 24.1 Å². The lowest BCUT2D eigenvalue weighted by Gasteiger charge is -2.38. The summed E-state index contributed by atoms with van der Waals surface area (Å²) in [6.07, 6.45) is -1.98. The minimum Gasteiger partial charge on any atom is -0.469 e. The molecule has 0 aromatic heterocycles. The van der Waals surface area contributed by atoms with Crippen LogP contribution in [0.2, 0.25) is 0 Å². The molecule has 3 amide bonds. The second-order valence-corrected chi connectivity index (χ2v) is 9.74. The Kier molecular flexibility index (Phi) is 7.16. The molecule has 194 valence electrons. The number of hydrogen-bond acceptors (Lipinski definition) is 5. The molecule has 3 fully saturated rings. The van der Waals surface area contributed by atoms with Crippen molar-refractivity contribution < 1.29 is 32.3 Å². The first kappa shape index (κ1) is 25.8. The maximum Gasteiger partial charge on any atom is 0.471 e. The van der Waals surface area contributed by atoms with Crippen LogP contribution in [0.25, 0.3) is 0 Å². The SMILES string of the molecule is COC(=O)[C@H]1CC[C@H](N2C(=O)NCC2c2ccc(C3(C#N)CCN(C(=O)C(F)(F)F)CC3)cc2)CC1. The molecule has 1 aliphatic carbocycles. The third-order valence-electron chi connectivity index (χ3n) is 7.85. The van der Waals surface area contributed by atoms with Crippen LogP contribution < -0.4 is 5.32 Å². The highest BCUT2D eigenvalue weighted by Crippen LogP contribution is 2.39. The Morgan fingerprint density at radius 3 is 2.25 bits per heavy atom. The third kappa shape index (κ3) is 4.86. The van der Waals surface area contributed by atoms with Crippen LogP contribution >= 0.6 is 0 Å². The number of nitrogens with one attached hydrogen (secondary N) is 1.